The zero-order valence-corrected chi connectivity index (χ0v) is 11.2. The number of likely N-dealkylation sites (tertiary alicyclic amines) is 1. The number of H-pyrrole nitrogens is 1. The first kappa shape index (κ1) is 13.1. The predicted molar refractivity (Wildman–Crippen MR) is 67.8 cm³/mol. The van der Waals surface area contributed by atoms with Crippen molar-refractivity contribution < 1.29 is 14.7 Å². The van der Waals surface area contributed by atoms with E-state index < -0.39 is 11.5 Å². The van der Waals surface area contributed by atoms with Gasteiger partial charge in [-0.3, -0.25) is 9.59 Å². The Hall–Kier alpha value is -1.34. The van der Waals surface area contributed by atoms with Crippen LogP contribution in [0.4, 0.5) is 0 Å². The van der Waals surface area contributed by atoms with Crippen molar-refractivity contribution in [1.82, 2.24) is 9.88 Å². The number of piperidine rings is 1. The minimum absolute atomic E-state index is 0.0577. The molecule has 4 N–H and O–H groups in total. The summed E-state index contributed by atoms with van der Waals surface area (Å²) in [4.78, 5) is 27.6. The number of hydrogen-bond acceptors (Lipinski definition) is 3. The summed E-state index contributed by atoms with van der Waals surface area (Å²) in [5, 5.41) is 10.0. The summed E-state index contributed by atoms with van der Waals surface area (Å²) in [7, 11) is 0. The second-order valence-electron chi connectivity index (χ2n) is 4.46. The van der Waals surface area contributed by atoms with Gasteiger partial charge >= 0.3 is 0 Å². The van der Waals surface area contributed by atoms with E-state index in [0.717, 1.165) is 4.47 Å². The van der Waals surface area contributed by atoms with Crippen LogP contribution in [0.2, 0.25) is 0 Å². The summed E-state index contributed by atoms with van der Waals surface area (Å²) >= 11 is 3.24. The molecule has 6 nitrogen and oxygen atoms in total. The van der Waals surface area contributed by atoms with Gasteiger partial charge in [0.25, 0.3) is 11.8 Å². The lowest BCUT2D eigenvalue weighted by Crippen LogP contribution is -2.57. The molecule has 1 atom stereocenters. The van der Waals surface area contributed by atoms with Crippen LogP contribution in [0.15, 0.2) is 16.7 Å². The lowest BCUT2D eigenvalue weighted by molar-refractivity contribution is -0.140. The number of aromatic amines is 1. The van der Waals surface area contributed by atoms with Crippen LogP contribution in [-0.2, 0) is 4.79 Å². The molecule has 0 aromatic carbocycles. The van der Waals surface area contributed by atoms with Gasteiger partial charge in [-0.1, -0.05) is 0 Å². The first-order valence-electron chi connectivity index (χ1n) is 5.58. The van der Waals surface area contributed by atoms with E-state index in [1.807, 2.05) is 0 Å². The summed E-state index contributed by atoms with van der Waals surface area (Å²) in [6.45, 7) is 0.447. The number of aliphatic hydroxyl groups is 1. The number of rotatable bonds is 2. The number of nitrogens with zero attached hydrogens (tertiary/aromatic N) is 1. The fourth-order valence-corrected chi connectivity index (χ4v) is 2.42. The second kappa shape index (κ2) is 4.74. The van der Waals surface area contributed by atoms with Crippen LogP contribution in [-0.4, -0.2) is 45.5 Å². The van der Waals surface area contributed by atoms with Gasteiger partial charge in [0.05, 0.1) is 6.54 Å². The van der Waals surface area contributed by atoms with E-state index in [-0.39, 0.29) is 12.5 Å². The molecule has 1 aliphatic heterocycles. The molecule has 18 heavy (non-hydrogen) atoms. The lowest BCUT2D eigenvalue weighted by Gasteiger charge is -2.36. The Morgan fingerprint density at radius 3 is 2.83 bits per heavy atom. The fourth-order valence-electron chi connectivity index (χ4n) is 2.07. The van der Waals surface area contributed by atoms with Crippen LogP contribution >= 0.6 is 15.9 Å². The number of nitrogens with one attached hydrogen (secondary N) is 1. The van der Waals surface area contributed by atoms with Crippen molar-refractivity contribution in [3.8, 4) is 0 Å². The summed E-state index contributed by atoms with van der Waals surface area (Å²) < 4.78 is 0.771. The minimum atomic E-state index is -1.61. The number of carbonyl (C=O) groups excluding carboxylic acids is 2. The Morgan fingerprint density at radius 1 is 1.56 bits per heavy atom. The van der Waals surface area contributed by atoms with Gasteiger partial charge in [-0.05, 0) is 34.8 Å². The molecule has 1 aliphatic rings. The molecular formula is C11H14BrN3O3. The molecule has 2 amide bonds. The van der Waals surface area contributed by atoms with E-state index in [0.29, 0.717) is 25.1 Å². The van der Waals surface area contributed by atoms with E-state index in [1.165, 1.54) is 4.90 Å². The fraction of sp³-hybridized carbons (Fsp3) is 0.455. The number of β-amino-alcohol motifs (C(OH)–C–C–N with tert-alkyl or cyclic N) is 1. The van der Waals surface area contributed by atoms with E-state index in [9.17, 15) is 14.7 Å². The molecule has 1 aromatic heterocycles. The predicted octanol–water partition coefficient (Wildman–Crippen LogP) is 0.230. The van der Waals surface area contributed by atoms with Crippen molar-refractivity contribution in [3.05, 3.63) is 22.4 Å². The van der Waals surface area contributed by atoms with Crippen molar-refractivity contribution >= 4 is 27.7 Å². The lowest BCUT2D eigenvalue weighted by atomic mass is 9.92. The number of aromatic nitrogens is 1. The third-order valence-electron chi connectivity index (χ3n) is 3.09. The van der Waals surface area contributed by atoms with Gasteiger partial charge in [0, 0.05) is 17.2 Å². The minimum Gasteiger partial charge on any atom is -0.378 e. The molecule has 1 saturated heterocycles. The molecule has 0 aliphatic carbocycles. The van der Waals surface area contributed by atoms with Crippen molar-refractivity contribution in [1.29, 1.82) is 0 Å². The summed E-state index contributed by atoms with van der Waals surface area (Å²) in [6.07, 6.45) is 2.49. The Bertz CT molecular complexity index is 488. The molecule has 2 heterocycles. The van der Waals surface area contributed by atoms with Crippen LogP contribution < -0.4 is 5.73 Å². The summed E-state index contributed by atoms with van der Waals surface area (Å²) in [5.41, 5.74) is 3.96. The normalized spacial score (nSPS) is 24.0. The Kier molecular flexibility index (Phi) is 3.45. The standard InChI is InChI=1S/C11H14BrN3O3/c12-7-4-8(14-5-7)9(16)15-3-1-2-11(18,6-15)10(13)17/h4-5,14,18H,1-3,6H2,(H2,13,17)/t11-/m0/s1. The van der Waals surface area contributed by atoms with Crippen LogP contribution in [0.25, 0.3) is 0 Å². The highest BCUT2D eigenvalue weighted by atomic mass is 79.9. The third kappa shape index (κ3) is 2.41. The monoisotopic (exact) mass is 315 g/mol. The molecule has 0 spiro atoms. The van der Waals surface area contributed by atoms with Gasteiger partial charge in [0.2, 0.25) is 0 Å². The van der Waals surface area contributed by atoms with Gasteiger partial charge in [0.15, 0.2) is 5.60 Å². The molecule has 0 saturated carbocycles. The SMILES string of the molecule is NC(=O)[C@]1(O)CCCN(C(=O)c2cc(Br)c[nH]2)C1. The maximum absolute atomic E-state index is 12.1. The molecule has 98 valence electrons. The van der Waals surface area contributed by atoms with Crippen LogP contribution in [0.1, 0.15) is 23.3 Å². The molecule has 0 unspecified atom stereocenters. The van der Waals surface area contributed by atoms with Gasteiger partial charge in [-0.2, -0.15) is 0 Å². The van der Waals surface area contributed by atoms with E-state index in [1.54, 1.807) is 12.3 Å². The molecule has 0 bridgehead atoms. The zero-order valence-electron chi connectivity index (χ0n) is 9.65. The van der Waals surface area contributed by atoms with E-state index >= 15 is 0 Å². The average molecular weight is 316 g/mol. The van der Waals surface area contributed by atoms with Crippen molar-refractivity contribution in [2.75, 3.05) is 13.1 Å². The number of primary amides is 1. The number of nitrogens with two attached hydrogens (primary N) is 1. The maximum atomic E-state index is 12.1. The molecule has 2 rings (SSSR count). The number of amides is 2. The molecule has 0 radical (unpaired) electrons. The van der Waals surface area contributed by atoms with Crippen molar-refractivity contribution in [2.24, 2.45) is 5.73 Å². The van der Waals surface area contributed by atoms with Gasteiger partial charge < -0.3 is 20.7 Å². The molecule has 7 heteroatoms. The Morgan fingerprint density at radius 2 is 2.28 bits per heavy atom. The highest BCUT2D eigenvalue weighted by molar-refractivity contribution is 9.10. The highest BCUT2D eigenvalue weighted by Gasteiger charge is 2.40. The molecule has 1 aromatic rings. The summed E-state index contributed by atoms with van der Waals surface area (Å²) in [5.74, 6) is -1.03. The zero-order chi connectivity index (χ0) is 13.3. The van der Waals surface area contributed by atoms with Gasteiger partial charge in [-0.15, -0.1) is 0 Å². The average Bonchev–Trinajstić information content (AvgIpc) is 2.75. The first-order chi connectivity index (χ1) is 8.42. The first-order valence-corrected chi connectivity index (χ1v) is 6.37. The van der Waals surface area contributed by atoms with Gasteiger partial charge in [0.1, 0.15) is 5.69 Å². The van der Waals surface area contributed by atoms with Crippen LogP contribution in [0.3, 0.4) is 0 Å². The number of hydrogen-bond donors (Lipinski definition) is 3. The van der Waals surface area contributed by atoms with Crippen molar-refractivity contribution in [3.63, 3.8) is 0 Å². The smallest absolute Gasteiger partial charge is 0.270 e. The largest absolute Gasteiger partial charge is 0.378 e. The van der Waals surface area contributed by atoms with Gasteiger partial charge in [-0.25, -0.2) is 0 Å². The third-order valence-corrected chi connectivity index (χ3v) is 3.55. The molecular weight excluding hydrogens is 302 g/mol. The van der Waals surface area contributed by atoms with E-state index in [4.69, 9.17) is 5.73 Å². The van der Waals surface area contributed by atoms with Crippen LogP contribution in [0, 0.1) is 0 Å². The van der Waals surface area contributed by atoms with E-state index in [2.05, 4.69) is 20.9 Å². The number of carbonyl (C=O) groups is 2. The topological polar surface area (TPSA) is 99.4 Å². The maximum Gasteiger partial charge on any atom is 0.270 e. The Balaban J connectivity index is 2.14. The summed E-state index contributed by atoms with van der Waals surface area (Å²) in [6, 6.07) is 1.65. The Labute approximate surface area is 112 Å². The quantitative estimate of drug-likeness (QED) is 0.728. The number of halogens is 1. The molecule has 1 fully saturated rings. The highest BCUT2D eigenvalue weighted by Crippen LogP contribution is 2.22. The van der Waals surface area contributed by atoms with Crippen LogP contribution in [0.5, 0.6) is 0 Å². The van der Waals surface area contributed by atoms with Crippen molar-refractivity contribution in [2.45, 2.75) is 18.4 Å². The second-order valence-corrected chi connectivity index (χ2v) is 5.37.